The predicted molar refractivity (Wildman–Crippen MR) is 74.0 cm³/mol. The van der Waals surface area contributed by atoms with Gasteiger partial charge in [-0.3, -0.25) is 0 Å². The van der Waals surface area contributed by atoms with E-state index in [2.05, 4.69) is 14.8 Å². The Morgan fingerprint density at radius 2 is 1.95 bits per heavy atom. The zero-order chi connectivity index (χ0) is 15.2. The maximum atomic E-state index is 13.4. The molecule has 0 aliphatic rings. The van der Waals surface area contributed by atoms with E-state index in [0.717, 1.165) is 12.1 Å². The molecule has 0 saturated heterocycles. The van der Waals surface area contributed by atoms with Crippen LogP contribution in [0.25, 0.3) is 0 Å². The zero-order valence-corrected chi connectivity index (χ0v) is 12.7. The van der Waals surface area contributed by atoms with E-state index >= 15 is 0 Å². The maximum absolute atomic E-state index is 13.4. The van der Waals surface area contributed by atoms with Crippen LogP contribution in [0.3, 0.4) is 0 Å². The molecule has 0 radical (unpaired) electrons. The fourth-order valence-corrected chi connectivity index (χ4v) is 2.42. The molecule has 21 heavy (non-hydrogen) atoms. The van der Waals surface area contributed by atoms with Crippen molar-refractivity contribution in [2.24, 2.45) is 0 Å². The summed E-state index contributed by atoms with van der Waals surface area (Å²) in [6, 6.07) is 2.48. The second-order valence-corrected chi connectivity index (χ2v) is 5.49. The summed E-state index contributed by atoms with van der Waals surface area (Å²) in [6.07, 6.45) is 0. The van der Waals surface area contributed by atoms with Crippen molar-refractivity contribution in [1.29, 1.82) is 0 Å². The van der Waals surface area contributed by atoms with E-state index < -0.39 is 28.2 Å². The molecule has 10 heteroatoms. The third kappa shape index (κ3) is 6.51. The van der Waals surface area contributed by atoms with Gasteiger partial charge in [0.1, 0.15) is 0 Å². The smallest absolute Gasteiger partial charge is 0.387 e. The van der Waals surface area contributed by atoms with E-state index in [1.807, 2.05) is 6.92 Å². The van der Waals surface area contributed by atoms with E-state index in [9.17, 15) is 21.6 Å². The summed E-state index contributed by atoms with van der Waals surface area (Å²) >= 11 is 0. The van der Waals surface area contributed by atoms with Crippen LogP contribution < -0.4 is 14.8 Å². The summed E-state index contributed by atoms with van der Waals surface area (Å²) in [5.41, 5.74) is 0. The standard InChI is InChI=1S/C11H15F3N2O3S.ClH/c1-2-15-5-6-16-20(17,18)8-3-4-10(9(12)7-8)19-11(13)14;/h3-4,7,11,15-16H,2,5-6H2,1H3;1H. The van der Waals surface area contributed by atoms with Crippen LogP contribution in [0.15, 0.2) is 23.1 Å². The highest BCUT2D eigenvalue weighted by Crippen LogP contribution is 2.22. The van der Waals surface area contributed by atoms with Gasteiger partial charge in [0, 0.05) is 13.1 Å². The Hall–Kier alpha value is -1.03. The lowest BCUT2D eigenvalue weighted by Gasteiger charge is -2.09. The Morgan fingerprint density at radius 3 is 2.48 bits per heavy atom. The quantitative estimate of drug-likeness (QED) is 0.702. The highest BCUT2D eigenvalue weighted by atomic mass is 35.5. The first kappa shape index (κ1) is 20.0. The lowest BCUT2D eigenvalue weighted by molar-refractivity contribution is -0.0522. The fraction of sp³-hybridized carbons (Fsp3) is 0.455. The van der Waals surface area contributed by atoms with Crippen molar-refractivity contribution in [1.82, 2.24) is 10.0 Å². The van der Waals surface area contributed by atoms with Gasteiger partial charge in [0.05, 0.1) is 4.90 Å². The summed E-state index contributed by atoms with van der Waals surface area (Å²) < 4.78 is 67.0. The molecule has 1 aromatic carbocycles. The monoisotopic (exact) mass is 348 g/mol. The minimum atomic E-state index is -3.88. The van der Waals surface area contributed by atoms with Gasteiger partial charge in [0.15, 0.2) is 11.6 Å². The van der Waals surface area contributed by atoms with Crippen molar-refractivity contribution in [3.63, 3.8) is 0 Å². The Labute approximate surface area is 127 Å². The number of likely N-dealkylation sites (N-methyl/N-ethyl adjacent to an activating group) is 1. The molecule has 2 N–H and O–H groups in total. The summed E-state index contributed by atoms with van der Waals surface area (Å²) in [7, 11) is -3.88. The Morgan fingerprint density at radius 1 is 1.29 bits per heavy atom. The van der Waals surface area contributed by atoms with E-state index in [4.69, 9.17) is 0 Å². The number of rotatable bonds is 8. The van der Waals surface area contributed by atoms with Crippen LogP contribution in [0.1, 0.15) is 6.92 Å². The van der Waals surface area contributed by atoms with Crippen molar-refractivity contribution >= 4 is 22.4 Å². The number of nitrogens with one attached hydrogen (secondary N) is 2. The number of hydrogen-bond donors (Lipinski definition) is 2. The van der Waals surface area contributed by atoms with Gasteiger partial charge in [0.2, 0.25) is 10.0 Å². The van der Waals surface area contributed by atoms with Crippen LogP contribution in [0.4, 0.5) is 13.2 Å². The van der Waals surface area contributed by atoms with Gasteiger partial charge in [-0.1, -0.05) is 6.92 Å². The Bertz CT molecular complexity index is 544. The first-order valence-electron chi connectivity index (χ1n) is 5.81. The molecule has 122 valence electrons. The zero-order valence-electron chi connectivity index (χ0n) is 11.1. The molecule has 0 aromatic heterocycles. The molecule has 0 spiro atoms. The molecule has 0 unspecified atom stereocenters. The molecule has 0 aliphatic heterocycles. The second-order valence-electron chi connectivity index (χ2n) is 3.72. The van der Waals surface area contributed by atoms with Crippen molar-refractivity contribution < 1.29 is 26.3 Å². The molecule has 0 saturated carbocycles. The normalized spacial score (nSPS) is 11.3. The topological polar surface area (TPSA) is 67.4 Å². The molecule has 1 aromatic rings. The van der Waals surface area contributed by atoms with Crippen LogP contribution in [-0.2, 0) is 10.0 Å². The Kier molecular flexibility index (Phi) is 8.64. The average Bonchev–Trinajstić information content (AvgIpc) is 2.36. The molecular formula is C11H16ClF3N2O3S. The van der Waals surface area contributed by atoms with Gasteiger partial charge in [-0.2, -0.15) is 8.78 Å². The van der Waals surface area contributed by atoms with Crippen molar-refractivity contribution in [2.75, 3.05) is 19.6 Å². The van der Waals surface area contributed by atoms with Gasteiger partial charge in [0.25, 0.3) is 0 Å². The van der Waals surface area contributed by atoms with Crippen molar-refractivity contribution in [3.05, 3.63) is 24.0 Å². The summed E-state index contributed by atoms with van der Waals surface area (Å²) in [4.78, 5) is -0.354. The van der Waals surface area contributed by atoms with E-state index in [-0.39, 0.29) is 23.8 Å². The van der Waals surface area contributed by atoms with Crippen LogP contribution in [-0.4, -0.2) is 34.7 Å². The molecule has 5 nitrogen and oxygen atoms in total. The number of ether oxygens (including phenoxy) is 1. The van der Waals surface area contributed by atoms with Gasteiger partial charge in [-0.05, 0) is 24.7 Å². The third-order valence-corrected chi connectivity index (χ3v) is 3.73. The molecule has 0 amide bonds. The highest BCUT2D eigenvalue weighted by Gasteiger charge is 2.17. The molecule has 1 rings (SSSR count). The molecule has 0 atom stereocenters. The largest absolute Gasteiger partial charge is 0.432 e. The minimum Gasteiger partial charge on any atom is -0.432 e. The van der Waals surface area contributed by atoms with Crippen molar-refractivity contribution in [2.45, 2.75) is 18.4 Å². The van der Waals surface area contributed by atoms with Gasteiger partial charge in [-0.25, -0.2) is 17.5 Å². The Balaban J connectivity index is 0.00000400. The van der Waals surface area contributed by atoms with Crippen LogP contribution in [0.5, 0.6) is 5.75 Å². The van der Waals surface area contributed by atoms with Crippen LogP contribution in [0.2, 0.25) is 0 Å². The average molecular weight is 349 g/mol. The van der Waals surface area contributed by atoms with Crippen molar-refractivity contribution in [3.8, 4) is 5.75 Å². The van der Waals surface area contributed by atoms with E-state index in [1.165, 1.54) is 0 Å². The first-order chi connectivity index (χ1) is 9.36. The number of benzene rings is 1. The second kappa shape index (κ2) is 9.08. The lowest BCUT2D eigenvalue weighted by Crippen LogP contribution is -2.31. The van der Waals surface area contributed by atoms with Crippen LogP contribution >= 0.6 is 12.4 Å². The maximum Gasteiger partial charge on any atom is 0.387 e. The molecular weight excluding hydrogens is 333 g/mol. The summed E-state index contributed by atoms with van der Waals surface area (Å²) in [5.74, 6) is -1.87. The number of sulfonamides is 1. The fourth-order valence-electron chi connectivity index (χ4n) is 1.37. The summed E-state index contributed by atoms with van der Waals surface area (Å²) in [6.45, 7) is -0.0651. The number of alkyl halides is 2. The van der Waals surface area contributed by atoms with Crippen LogP contribution in [0, 0.1) is 5.82 Å². The number of hydrogen-bond acceptors (Lipinski definition) is 4. The van der Waals surface area contributed by atoms with Gasteiger partial charge < -0.3 is 10.1 Å². The molecule has 0 fully saturated rings. The molecule has 0 aliphatic carbocycles. The third-order valence-electron chi connectivity index (χ3n) is 2.27. The van der Waals surface area contributed by atoms with E-state index in [1.54, 1.807) is 0 Å². The van der Waals surface area contributed by atoms with E-state index in [0.29, 0.717) is 19.2 Å². The SMILES string of the molecule is CCNCCNS(=O)(=O)c1ccc(OC(F)F)c(F)c1.Cl. The van der Waals surface area contributed by atoms with Gasteiger partial charge >= 0.3 is 6.61 Å². The highest BCUT2D eigenvalue weighted by molar-refractivity contribution is 7.89. The van der Waals surface area contributed by atoms with Gasteiger partial charge in [-0.15, -0.1) is 12.4 Å². The first-order valence-corrected chi connectivity index (χ1v) is 7.30. The number of halogens is 4. The predicted octanol–water partition coefficient (Wildman–Crippen LogP) is 1.74. The molecule has 0 bridgehead atoms. The lowest BCUT2D eigenvalue weighted by atomic mass is 10.3. The molecule has 0 heterocycles. The summed E-state index contributed by atoms with van der Waals surface area (Å²) in [5, 5.41) is 2.91. The minimum absolute atomic E-state index is 0.